The zero-order chi connectivity index (χ0) is 82.4. The summed E-state index contributed by atoms with van der Waals surface area (Å²) in [6.45, 7) is 19.5. The van der Waals surface area contributed by atoms with Crippen LogP contribution in [0.15, 0.2) is 377 Å². The zero-order valence-corrected chi connectivity index (χ0v) is 78.6. The van der Waals surface area contributed by atoms with Crippen LogP contribution < -0.4 is 0 Å². The van der Waals surface area contributed by atoms with Crippen LogP contribution in [0.2, 0.25) is 0 Å². The minimum atomic E-state index is -0.125. The first-order valence-corrected chi connectivity index (χ1v) is 38.5. The number of hydrogen-bond acceptors (Lipinski definition) is 9. The van der Waals surface area contributed by atoms with Gasteiger partial charge in [-0.1, -0.05) is 185 Å². The fourth-order valence-electron chi connectivity index (χ4n) is 11.9. The van der Waals surface area contributed by atoms with Crippen molar-refractivity contribution in [2.45, 2.75) is 69.2 Å². The summed E-state index contributed by atoms with van der Waals surface area (Å²) in [5, 5.41) is 8.36. The van der Waals surface area contributed by atoms with Gasteiger partial charge in [0.15, 0.2) is 5.78 Å². The molecule has 4 radical (unpaired) electrons. The number of aliphatic hydroxyl groups excluding tert-OH is 1. The van der Waals surface area contributed by atoms with Gasteiger partial charge in [0, 0.05) is 147 Å². The molecule has 0 bridgehead atoms. The number of allylic oxidation sites excluding steroid dienone is 2. The third-order valence-corrected chi connectivity index (χ3v) is 17.8. The topological polar surface area (TPSA) is 128 Å². The maximum Gasteiger partial charge on any atom is 0.155 e. The number of pyridine rings is 7. The number of nitrogens with zero attached hydrogens (tertiary/aromatic N) is 7. The van der Waals surface area contributed by atoms with Crippen molar-refractivity contribution >= 4 is 5.78 Å². The van der Waals surface area contributed by atoms with E-state index in [0.717, 1.165) is 78.8 Å². The summed E-state index contributed by atoms with van der Waals surface area (Å²) >= 11 is 0. The van der Waals surface area contributed by atoms with Crippen molar-refractivity contribution < 1.29 is 90.3 Å². The van der Waals surface area contributed by atoms with E-state index in [2.05, 4.69) is 211 Å². The van der Waals surface area contributed by atoms with Gasteiger partial charge in [0.1, 0.15) is 0 Å². The number of aromatic nitrogens is 7. The van der Waals surface area contributed by atoms with Crippen molar-refractivity contribution in [1.29, 1.82) is 0 Å². The Labute approximate surface area is 769 Å². The molecule has 0 fully saturated rings. The average Bonchev–Trinajstić information content (AvgIpc) is 0.806. The molecule has 0 atom stereocenters. The molecule has 0 aliphatic rings. The van der Waals surface area contributed by atoms with Crippen LogP contribution >= 0.6 is 0 Å². The van der Waals surface area contributed by atoms with Crippen LogP contribution in [0.1, 0.15) is 58.4 Å². The van der Waals surface area contributed by atoms with Gasteiger partial charge >= 0.3 is 0 Å². The predicted octanol–water partition coefficient (Wildman–Crippen LogP) is 26.3. The van der Waals surface area contributed by atoms with E-state index in [-0.39, 0.29) is 92.0 Å². The Balaban J connectivity index is 0.000000216. The summed E-state index contributed by atoms with van der Waals surface area (Å²) in [5.74, 6) is -0.0625. The molecule has 0 spiro atoms. The van der Waals surface area contributed by atoms with Crippen LogP contribution in [-0.4, -0.2) is 45.8 Å². The Morgan fingerprint density at radius 1 is 0.264 bits per heavy atom. The number of benzene rings is 10. The molecule has 17 rings (SSSR count). The molecule has 7 heterocycles. The maximum atomic E-state index is 10.0. The minimum absolute atomic E-state index is 0. The van der Waals surface area contributed by atoms with E-state index in [1.807, 2.05) is 268 Å². The van der Waals surface area contributed by atoms with E-state index in [1.54, 1.807) is 18.6 Å². The first kappa shape index (κ1) is 97.9. The number of aryl methyl sites for hydroxylation is 8. The third-order valence-electron chi connectivity index (χ3n) is 17.8. The van der Waals surface area contributed by atoms with Crippen molar-refractivity contribution in [2.75, 3.05) is 0 Å². The van der Waals surface area contributed by atoms with E-state index < -0.39 is 0 Å². The van der Waals surface area contributed by atoms with Crippen molar-refractivity contribution in [1.82, 2.24) is 34.9 Å². The van der Waals surface area contributed by atoms with Crippen LogP contribution in [0, 0.1) is 97.9 Å². The van der Waals surface area contributed by atoms with Gasteiger partial charge in [0.25, 0.3) is 0 Å². The summed E-state index contributed by atoms with van der Waals surface area (Å²) in [6, 6.07) is 130. The predicted molar refractivity (Wildman–Crippen MR) is 481 cm³/mol. The smallest absolute Gasteiger partial charge is 0.155 e. The zero-order valence-electron chi connectivity index (χ0n) is 69.0. The normalized spacial score (nSPS) is 9.92. The Kier molecular flexibility index (Phi) is 42.8. The monoisotopic (exact) mass is 2290 g/mol. The second kappa shape index (κ2) is 52.9. The van der Waals surface area contributed by atoms with E-state index in [1.165, 1.54) is 97.8 Å². The fraction of sp³-hybridized carbons (Fsp3) is 0.0926. The van der Waals surface area contributed by atoms with E-state index in [0.29, 0.717) is 0 Å². The van der Waals surface area contributed by atoms with E-state index in [9.17, 15) is 4.79 Å². The molecule has 13 heteroatoms. The molecule has 0 unspecified atom stereocenters. The van der Waals surface area contributed by atoms with Gasteiger partial charge in [0.2, 0.25) is 0 Å². The number of aliphatic hydroxyl groups is 1. The Bertz CT molecular complexity index is 5330. The Morgan fingerprint density at radius 3 is 0.810 bits per heavy atom. The van der Waals surface area contributed by atoms with Crippen molar-refractivity contribution in [3.8, 4) is 112 Å². The molecule has 121 heavy (non-hydrogen) atoms. The number of rotatable bonds is 11. The number of carbonyl (C=O) groups excluding carboxylic acids is 1. The average molecular weight is 2290 g/mol. The van der Waals surface area contributed by atoms with Crippen molar-refractivity contribution in [2.24, 2.45) is 0 Å². The van der Waals surface area contributed by atoms with Gasteiger partial charge in [-0.25, -0.2) is 0 Å². The number of ketones is 1. The van der Waals surface area contributed by atoms with Crippen molar-refractivity contribution in [3.05, 3.63) is 464 Å². The second-order valence-corrected chi connectivity index (χ2v) is 27.5. The van der Waals surface area contributed by atoms with Gasteiger partial charge in [-0.3, -0.25) is 4.79 Å². The molecule has 7 aromatic heterocycles. The van der Waals surface area contributed by atoms with Crippen LogP contribution in [0.3, 0.4) is 0 Å². The number of carbonyl (C=O) groups is 1. The molecule has 1 N–H and O–H groups in total. The van der Waals surface area contributed by atoms with Crippen molar-refractivity contribution in [3.63, 3.8) is 0 Å². The van der Waals surface area contributed by atoms with Gasteiger partial charge < -0.3 is 40.0 Å². The molecule has 0 aliphatic heterocycles. The molecule has 0 amide bonds. The molecule has 614 valence electrons. The summed E-state index contributed by atoms with van der Waals surface area (Å²) < 4.78 is 0. The quantitative estimate of drug-likeness (QED) is 0.0765. The number of hydrogen-bond donors (Lipinski definition) is 1. The summed E-state index contributed by atoms with van der Waals surface area (Å²) in [7, 11) is 0. The molecular formula is C108H92Ir4N7O2-7. The summed E-state index contributed by atoms with van der Waals surface area (Å²) in [6.07, 6.45) is 14.3. The Morgan fingerprint density at radius 2 is 0.562 bits per heavy atom. The first-order chi connectivity index (χ1) is 57.0. The van der Waals surface area contributed by atoms with Gasteiger partial charge in [-0.2, -0.15) is 0 Å². The second-order valence-electron chi connectivity index (χ2n) is 27.5. The minimum Gasteiger partial charge on any atom is -0.512 e. The summed E-state index contributed by atoms with van der Waals surface area (Å²) in [5.41, 5.74) is 31.1. The molecule has 17 aromatic rings. The van der Waals surface area contributed by atoms with Crippen LogP contribution in [0.5, 0.6) is 0 Å². The van der Waals surface area contributed by atoms with E-state index >= 15 is 0 Å². The van der Waals surface area contributed by atoms with Gasteiger partial charge in [0.05, 0.1) is 5.76 Å². The summed E-state index contributed by atoms with van der Waals surface area (Å²) in [4.78, 5) is 40.8. The molecule has 0 saturated heterocycles. The molecule has 10 aromatic carbocycles. The van der Waals surface area contributed by atoms with Crippen LogP contribution in [-0.2, 0) is 85.2 Å². The molecule has 9 nitrogen and oxygen atoms in total. The molecular weight excluding hydrogens is 2200 g/mol. The third kappa shape index (κ3) is 32.6. The van der Waals surface area contributed by atoms with Gasteiger partial charge in [-0.05, 0) is 139 Å². The van der Waals surface area contributed by atoms with Crippen LogP contribution in [0.25, 0.3) is 112 Å². The SMILES string of the molecule is CC(=O)C=C(C)O.Cc1c[c-]c(-c2ccc(C)cn2)cc1.Cc1cc(-c2[c-]cccc2)ncc1-c1ccccc1.Cc1cc(-c2[c-]cccc2)ncc1-c1ccccc1.Cc1cc(-c2[c-]cccc2)ncc1-c1ccccc1.Cc1cc[c-]c(-c2ccccn2)c1.Cc1cc[c-]c(-c2ccccn2)c1.Cc1cc[c-]c(-c2ccccn2)c1.[Ir].[Ir].[Ir].[Ir]. The first-order valence-electron chi connectivity index (χ1n) is 38.5. The standard InChI is InChI=1S/3C18H14N.C13H12N.3C12H10N.C5H8O2.4Ir/c3*1-14-12-18(16-10-6-3-7-11-16)19-13-17(14)15-8-4-2-5-9-15;1-10-3-6-12(7-4-10)13-8-5-11(2)9-14-13;3*1-10-5-4-6-11(9-10)12-7-2-3-8-13-12;1-4(6)3-5(2)7;;;;/h3*2-10,12-13H,1H3;3-6,8-9H,1-2H3;3*2-5,7-9H,1H3;3,6H,1-2H3;;;;/q7*-1;;;;;. The fourth-order valence-corrected chi connectivity index (χ4v) is 11.9. The maximum absolute atomic E-state index is 10.0. The van der Waals surface area contributed by atoms with E-state index in [4.69, 9.17) is 5.11 Å². The molecule has 0 saturated carbocycles. The Hall–Kier alpha value is -11.9. The van der Waals surface area contributed by atoms with Crippen LogP contribution in [0.4, 0.5) is 0 Å². The van der Waals surface area contributed by atoms with Gasteiger partial charge in [-0.15, -0.1) is 249 Å². The largest absolute Gasteiger partial charge is 0.512 e. The molecule has 0 aliphatic carbocycles.